The summed E-state index contributed by atoms with van der Waals surface area (Å²) in [4.78, 5) is 24.5. The molecule has 0 bridgehead atoms. The molecule has 25 heavy (non-hydrogen) atoms. The standard InChI is InChI=1S/C20H23NO3S/c1-3-16(13-15-9-5-4-6-10-15)21-19(22)17-11-7-8-12-18(17)25-14(2)20(23)24/h4-12,14,16H,3,13H2,1-2H3,(H,21,22)(H,23,24). The van der Waals surface area contributed by atoms with Crippen molar-refractivity contribution in [2.24, 2.45) is 0 Å². The predicted molar refractivity (Wildman–Crippen MR) is 101 cm³/mol. The minimum absolute atomic E-state index is 0.0323. The van der Waals surface area contributed by atoms with E-state index < -0.39 is 11.2 Å². The highest BCUT2D eigenvalue weighted by molar-refractivity contribution is 8.00. The van der Waals surface area contributed by atoms with Crippen LogP contribution in [0.25, 0.3) is 0 Å². The van der Waals surface area contributed by atoms with E-state index in [2.05, 4.69) is 5.32 Å². The van der Waals surface area contributed by atoms with Gasteiger partial charge in [0.2, 0.25) is 0 Å². The zero-order chi connectivity index (χ0) is 18.2. The van der Waals surface area contributed by atoms with E-state index in [4.69, 9.17) is 5.11 Å². The van der Waals surface area contributed by atoms with Crippen LogP contribution in [0.4, 0.5) is 0 Å². The van der Waals surface area contributed by atoms with E-state index in [1.54, 1.807) is 25.1 Å². The summed E-state index contributed by atoms with van der Waals surface area (Å²) in [6.07, 6.45) is 1.59. The second kappa shape index (κ2) is 9.28. The Hall–Kier alpha value is -2.27. The zero-order valence-corrected chi connectivity index (χ0v) is 15.3. The summed E-state index contributed by atoms with van der Waals surface area (Å²) >= 11 is 1.18. The fourth-order valence-corrected chi connectivity index (χ4v) is 3.38. The van der Waals surface area contributed by atoms with Crippen molar-refractivity contribution in [3.63, 3.8) is 0 Å². The fraction of sp³-hybridized carbons (Fsp3) is 0.300. The lowest BCUT2D eigenvalue weighted by Crippen LogP contribution is -2.36. The lowest BCUT2D eigenvalue weighted by molar-refractivity contribution is -0.136. The molecule has 2 aromatic rings. The molecule has 2 atom stereocenters. The van der Waals surface area contributed by atoms with Crippen LogP contribution in [0, 0.1) is 0 Å². The van der Waals surface area contributed by atoms with Gasteiger partial charge >= 0.3 is 5.97 Å². The Morgan fingerprint density at radius 1 is 1.08 bits per heavy atom. The van der Waals surface area contributed by atoms with E-state index in [1.807, 2.05) is 43.3 Å². The smallest absolute Gasteiger partial charge is 0.316 e. The molecule has 0 fully saturated rings. The molecule has 0 aliphatic heterocycles. The molecule has 0 aliphatic rings. The van der Waals surface area contributed by atoms with E-state index >= 15 is 0 Å². The van der Waals surface area contributed by atoms with Crippen molar-refractivity contribution < 1.29 is 14.7 Å². The van der Waals surface area contributed by atoms with Crippen LogP contribution in [-0.2, 0) is 11.2 Å². The maximum atomic E-state index is 12.7. The molecule has 4 nitrogen and oxygen atoms in total. The van der Waals surface area contributed by atoms with Gasteiger partial charge in [0.05, 0.1) is 5.56 Å². The van der Waals surface area contributed by atoms with Gasteiger partial charge in [-0.3, -0.25) is 9.59 Å². The average molecular weight is 357 g/mol. The molecule has 0 radical (unpaired) electrons. The molecule has 1 amide bonds. The van der Waals surface area contributed by atoms with E-state index in [1.165, 1.54) is 17.3 Å². The second-order valence-corrected chi connectivity index (χ2v) is 7.25. The van der Waals surface area contributed by atoms with Gasteiger partial charge in [0, 0.05) is 10.9 Å². The van der Waals surface area contributed by atoms with Gasteiger partial charge in [-0.25, -0.2) is 0 Å². The number of hydrogen-bond acceptors (Lipinski definition) is 3. The molecule has 0 aliphatic carbocycles. The van der Waals surface area contributed by atoms with Crippen molar-refractivity contribution in [1.82, 2.24) is 5.32 Å². The summed E-state index contributed by atoms with van der Waals surface area (Å²) in [5, 5.41) is 11.6. The molecule has 0 heterocycles. The van der Waals surface area contributed by atoms with Gasteiger partial charge in [-0.05, 0) is 37.5 Å². The van der Waals surface area contributed by atoms with Crippen molar-refractivity contribution in [2.75, 3.05) is 0 Å². The van der Waals surface area contributed by atoms with Crippen LogP contribution in [0.3, 0.4) is 0 Å². The lowest BCUT2D eigenvalue weighted by atomic mass is 10.0. The highest BCUT2D eigenvalue weighted by Gasteiger charge is 2.19. The molecular weight excluding hydrogens is 334 g/mol. The van der Waals surface area contributed by atoms with Crippen molar-refractivity contribution in [1.29, 1.82) is 0 Å². The van der Waals surface area contributed by atoms with Gasteiger partial charge in [0.15, 0.2) is 0 Å². The summed E-state index contributed by atoms with van der Waals surface area (Å²) < 4.78 is 0. The number of carbonyl (C=O) groups excluding carboxylic acids is 1. The fourth-order valence-electron chi connectivity index (χ4n) is 2.46. The Kier molecular flexibility index (Phi) is 7.07. The average Bonchev–Trinajstić information content (AvgIpc) is 2.62. The van der Waals surface area contributed by atoms with Crippen LogP contribution in [0.5, 0.6) is 0 Å². The highest BCUT2D eigenvalue weighted by atomic mass is 32.2. The Bertz CT molecular complexity index is 718. The van der Waals surface area contributed by atoms with E-state index in [0.717, 1.165) is 12.8 Å². The maximum Gasteiger partial charge on any atom is 0.316 e. The van der Waals surface area contributed by atoms with Gasteiger partial charge in [-0.2, -0.15) is 0 Å². The molecule has 2 aromatic carbocycles. The molecule has 132 valence electrons. The molecular formula is C20H23NO3S. The van der Waals surface area contributed by atoms with Crippen LogP contribution < -0.4 is 5.32 Å². The zero-order valence-electron chi connectivity index (χ0n) is 14.4. The van der Waals surface area contributed by atoms with E-state index in [-0.39, 0.29) is 11.9 Å². The number of aliphatic carboxylic acids is 1. The third kappa shape index (κ3) is 5.64. The highest BCUT2D eigenvalue weighted by Crippen LogP contribution is 2.27. The molecule has 2 unspecified atom stereocenters. The van der Waals surface area contributed by atoms with Crippen molar-refractivity contribution in [3.8, 4) is 0 Å². The summed E-state index contributed by atoms with van der Waals surface area (Å²) in [6, 6.07) is 17.2. The first-order valence-electron chi connectivity index (χ1n) is 8.34. The second-order valence-electron chi connectivity index (χ2n) is 5.86. The summed E-state index contributed by atoms with van der Waals surface area (Å²) in [5.41, 5.74) is 1.70. The summed E-state index contributed by atoms with van der Waals surface area (Å²) in [6.45, 7) is 3.66. The number of amides is 1. The van der Waals surface area contributed by atoms with Gasteiger partial charge < -0.3 is 10.4 Å². The predicted octanol–water partition coefficient (Wildman–Crippen LogP) is 4.00. The molecule has 0 saturated heterocycles. The number of rotatable bonds is 8. The maximum absolute atomic E-state index is 12.7. The number of hydrogen-bond donors (Lipinski definition) is 2. The third-order valence-corrected chi connectivity index (χ3v) is 5.10. The van der Waals surface area contributed by atoms with Crippen LogP contribution in [-0.4, -0.2) is 28.3 Å². The first-order valence-corrected chi connectivity index (χ1v) is 9.22. The summed E-state index contributed by atoms with van der Waals surface area (Å²) in [5.74, 6) is -1.06. The molecule has 2 rings (SSSR count). The minimum Gasteiger partial charge on any atom is -0.480 e. The van der Waals surface area contributed by atoms with E-state index in [9.17, 15) is 9.59 Å². The third-order valence-electron chi connectivity index (χ3n) is 3.94. The van der Waals surface area contributed by atoms with Crippen LogP contribution in [0.15, 0.2) is 59.5 Å². The molecule has 0 saturated carbocycles. The monoisotopic (exact) mass is 357 g/mol. The molecule has 5 heteroatoms. The Morgan fingerprint density at radius 2 is 1.72 bits per heavy atom. The van der Waals surface area contributed by atoms with Gasteiger partial charge in [0.25, 0.3) is 5.91 Å². The quantitative estimate of drug-likeness (QED) is 0.701. The van der Waals surface area contributed by atoms with Crippen LogP contribution >= 0.6 is 11.8 Å². The van der Waals surface area contributed by atoms with Crippen molar-refractivity contribution in [2.45, 2.75) is 42.9 Å². The number of thioether (sulfide) groups is 1. The first kappa shape index (κ1) is 19.1. The number of carboxylic acid groups (broad SMARTS) is 1. The van der Waals surface area contributed by atoms with Gasteiger partial charge in [-0.1, -0.05) is 49.4 Å². The molecule has 2 N–H and O–H groups in total. The van der Waals surface area contributed by atoms with Gasteiger partial charge in [0.1, 0.15) is 5.25 Å². The Balaban J connectivity index is 2.10. The topological polar surface area (TPSA) is 66.4 Å². The van der Waals surface area contributed by atoms with Gasteiger partial charge in [-0.15, -0.1) is 11.8 Å². The number of carboxylic acids is 1. The first-order chi connectivity index (χ1) is 12.0. The van der Waals surface area contributed by atoms with Crippen molar-refractivity contribution >= 4 is 23.6 Å². The molecule has 0 aromatic heterocycles. The number of nitrogens with one attached hydrogen (secondary N) is 1. The Labute approximate surface area is 152 Å². The van der Waals surface area contributed by atoms with E-state index in [0.29, 0.717) is 10.5 Å². The van der Waals surface area contributed by atoms with Crippen molar-refractivity contribution in [3.05, 3.63) is 65.7 Å². The SMILES string of the molecule is CCC(Cc1ccccc1)NC(=O)c1ccccc1SC(C)C(=O)O. The summed E-state index contributed by atoms with van der Waals surface area (Å²) in [7, 11) is 0. The normalized spacial score (nSPS) is 13.0. The largest absolute Gasteiger partial charge is 0.480 e. The Morgan fingerprint density at radius 3 is 2.36 bits per heavy atom. The van der Waals surface area contributed by atoms with Crippen LogP contribution in [0.2, 0.25) is 0 Å². The molecule has 0 spiro atoms. The number of benzene rings is 2. The minimum atomic E-state index is -0.893. The number of carbonyl (C=O) groups is 2. The lowest BCUT2D eigenvalue weighted by Gasteiger charge is -2.18. The van der Waals surface area contributed by atoms with Crippen LogP contribution in [0.1, 0.15) is 36.2 Å².